The molecule has 0 aliphatic carbocycles. The van der Waals surface area contributed by atoms with E-state index < -0.39 is 6.10 Å². The van der Waals surface area contributed by atoms with Crippen LogP contribution in [0.4, 0.5) is 5.69 Å². The first kappa shape index (κ1) is 12.5. The van der Waals surface area contributed by atoms with Crippen LogP contribution in [0.15, 0.2) is 48.5 Å². The summed E-state index contributed by atoms with van der Waals surface area (Å²) in [6.07, 6.45) is -0.663. The molecule has 0 bridgehead atoms. The van der Waals surface area contributed by atoms with Crippen LogP contribution in [0.2, 0.25) is 0 Å². The number of aliphatic hydroxyl groups excluding tert-OH is 1. The smallest absolute Gasteiger partial charge is 0.119 e. The lowest BCUT2D eigenvalue weighted by Gasteiger charge is -2.12. The molecule has 0 radical (unpaired) electrons. The molecule has 0 spiro atoms. The van der Waals surface area contributed by atoms with Gasteiger partial charge in [-0.3, -0.25) is 0 Å². The maximum absolute atomic E-state index is 10.2. The first-order valence-corrected chi connectivity index (χ1v) is 5.97. The Morgan fingerprint density at radius 3 is 2.44 bits per heavy atom. The van der Waals surface area contributed by atoms with Gasteiger partial charge in [0.25, 0.3) is 0 Å². The maximum Gasteiger partial charge on any atom is 0.119 e. The molecule has 0 saturated carbocycles. The number of hydrogen-bond donors (Lipinski definition) is 2. The molecule has 0 amide bonds. The average molecular weight is 243 g/mol. The predicted molar refractivity (Wildman–Crippen MR) is 72.5 cm³/mol. The number of hydrogen-bond acceptors (Lipinski definition) is 3. The molecule has 2 aromatic rings. The van der Waals surface area contributed by atoms with E-state index in [1.54, 1.807) is 12.1 Å². The lowest BCUT2D eigenvalue weighted by atomic mass is 10.0. The molecule has 0 aliphatic rings. The first-order chi connectivity index (χ1) is 8.70. The number of ether oxygens (including phenoxy) is 1. The Morgan fingerprint density at radius 2 is 1.83 bits per heavy atom. The Balaban J connectivity index is 2.20. The van der Waals surface area contributed by atoms with Crippen LogP contribution in [0.1, 0.15) is 24.2 Å². The highest BCUT2D eigenvalue weighted by Gasteiger charge is 2.10. The van der Waals surface area contributed by atoms with Crippen molar-refractivity contribution in [3.8, 4) is 5.75 Å². The molecule has 3 nitrogen and oxygen atoms in total. The van der Waals surface area contributed by atoms with Gasteiger partial charge in [0.05, 0.1) is 6.61 Å². The second kappa shape index (κ2) is 5.56. The zero-order chi connectivity index (χ0) is 13.0. The zero-order valence-electron chi connectivity index (χ0n) is 10.3. The van der Waals surface area contributed by atoms with Crippen molar-refractivity contribution in [3.63, 3.8) is 0 Å². The van der Waals surface area contributed by atoms with Gasteiger partial charge >= 0.3 is 0 Å². The van der Waals surface area contributed by atoms with E-state index in [2.05, 4.69) is 0 Å². The van der Waals surface area contributed by atoms with Crippen LogP contribution in [0, 0.1) is 0 Å². The Labute approximate surface area is 107 Å². The largest absolute Gasteiger partial charge is 0.494 e. The molecular weight excluding hydrogens is 226 g/mol. The van der Waals surface area contributed by atoms with Crippen LogP contribution in [-0.2, 0) is 0 Å². The van der Waals surface area contributed by atoms with E-state index >= 15 is 0 Å². The summed E-state index contributed by atoms with van der Waals surface area (Å²) in [5, 5.41) is 10.2. The highest BCUT2D eigenvalue weighted by Crippen LogP contribution is 2.25. The molecule has 3 heteroatoms. The van der Waals surface area contributed by atoms with Crippen LogP contribution in [0.5, 0.6) is 5.75 Å². The van der Waals surface area contributed by atoms with Crippen LogP contribution < -0.4 is 10.5 Å². The van der Waals surface area contributed by atoms with E-state index in [-0.39, 0.29) is 0 Å². The molecule has 0 saturated heterocycles. The fourth-order valence-corrected chi connectivity index (χ4v) is 1.83. The number of anilines is 1. The standard InChI is InChI=1S/C15H17NO2/c1-2-18-14-8-6-11(7-9-14)15(17)12-4-3-5-13(16)10-12/h3-10,15,17H,2,16H2,1H3/t15-/m0/s1. The summed E-state index contributed by atoms with van der Waals surface area (Å²) in [6.45, 7) is 2.58. The lowest BCUT2D eigenvalue weighted by molar-refractivity contribution is 0.220. The summed E-state index contributed by atoms with van der Waals surface area (Å²) in [5.74, 6) is 0.807. The second-order valence-corrected chi connectivity index (χ2v) is 4.07. The van der Waals surface area contributed by atoms with Crippen LogP contribution >= 0.6 is 0 Å². The molecule has 0 fully saturated rings. The molecule has 3 N–H and O–H groups in total. The zero-order valence-corrected chi connectivity index (χ0v) is 10.3. The summed E-state index contributed by atoms with van der Waals surface area (Å²) in [7, 11) is 0. The minimum absolute atomic E-state index is 0.636. The van der Waals surface area contributed by atoms with Gasteiger partial charge in [0, 0.05) is 5.69 Å². The summed E-state index contributed by atoms with van der Waals surface area (Å²) in [5.41, 5.74) is 7.97. The minimum atomic E-state index is -0.663. The van der Waals surface area contributed by atoms with Crippen LogP contribution in [-0.4, -0.2) is 11.7 Å². The topological polar surface area (TPSA) is 55.5 Å². The number of aliphatic hydroxyl groups is 1. The van der Waals surface area contributed by atoms with Gasteiger partial charge in [-0.25, -0.2) is 0 Å². The van der Waals surface area contributed by atoms with E-state index in [9.17, 15) is 5.11 Å². The SMILES string of the molecule is CCOc1ccc([C@H](O)c2cccc(N)c2)cc1. The van der Waals surface area contributed by atoms with Gasteiger partial charge in [-0.05, 0) is 42.3 Å². The highest BCUT2D eigenvalue weighted by molar-refractivity contribution is 5.44. The van der Waals surface area contributed by atoms with Crippen LogP contribution in [0.3, 0.4) is 0 Å². The third-order valence-corrected chi connectivity index (χ3v) is 2.73. The quantitative estimate of drug-likeness (QED) is 0.812. The highest BCUT2D eigenvalue weighted by atomic mass is 16.5. The van der Waals surface area contributed by atoms with E-state index in [4.69, 9.17) is 10.5 Å². The monoisotopic (exact) mass is 243 g/mol. The molecule has 94 valence electrons. The van der Waals surface area contributed by atoms with Crippen molar-refractivity contribution in [3.05, 3.63) is 59.7 Å². The van der Waals surface area contributed by atoms with Gasteiger partial charge in [0.2, 0.25) is 0 Å². The van der Waals surface area contributed by atoms with Crippen LogP contribution in [0.25, 0.3) is 0 Å². The molecule has 0 heterocycles. The van der Waals surface area contributed by atoms with Crippen molar-refractivity contribution in [2.75, 3.05) is 12.3 Å². The van der Waals surface area contributed by atoms with Gasteiger partial charge in [0.1, 0.15) is 11.9 Å². The molecule has 2 rings (SSSR count). The molecule has 0 unspecified atom stereocenters. The average Bonchev–Trinajstić information content (AvgIpc) is 2.39. The Morgan fingerprint density at radius 1 is 1.11 bits per heavy atom. The molecule has 0 aliphatic heterocycles. The Bertz CT molecular complexity index is 508. The number of nitrogen functional groups attached to an aromatic ring is 1. The second-order valence-electron chi connectivity index (χ2n) is 4.07. The third kappa shape index (κ3) is 2.81. The van der Waals surface area contributed by atoms with E-state index in [0.29, 0.717) is 12.3 Å². The minimum Gasteiger partial charge on any atom is -0.494 e. The fourth-order valence-electron chi connectivity index (χ4n) is 1.83. The number of nitrogens with two attached hydrogens (primary N) is 1. The third-order valence-electron chi connectivity index (χ3n) is 2.73. The van der Waals surface area contributed by atoms with Crippen molar-refractivity contribution >= 4 is 5.69 Å². The first-order valence-electron chi connectivity index (χ1n) is 5.97. The fraction of sp³-hybridized carbons (Fsp3) is 0.200. The summed E-state index contributed by atoms with van der Waals surface area (Å²) in [6, 6.07) is 14.7. The van der Waals surface area contributed by atoms with Gasteiger partial charge in [-0.1, -0.05) is 24.3 Å². The lowest BCUT2D eigenvalue weighted by Crippen LogP contribution is -2.00. The van der Waals surface area contributed by atoms with Crippen molar-refractivity contribution in [1.29, 1.82) is 0 Å². The molecule has 2 aromatic carbocycles. The Hall–Kier alpha value is -2.00. The van der Waals surface area contributed by atoms with Gasteiger partial charge < -0.3 is 15.6 Å². The number of benzene rings is 2. The predicted octanol–water partition coefficient (Wildman–Crippen LogP) is 2.75. The molecule has 18 heavy (non-hydrogen) atoms. The summed E-state index contributed by atoms with van der Waals surface area (Å²) in [4.78, 5) is 0. The van der Waals surface area contributed by atoms with Gasteiger partial charge in [0.15, 0.2) is 0 Å². The van der Waals surface area contributed by atoms with Crippen molar-refractivity contribution in [1.82, 2.24) is 0 Å². The summed E-state index contributed by atoms with van der Waals surface area (Å²) >= 11 is 0. The van der Waals surface area contributed by atoms with Crippen molar-refractivity contribution in [2.24, 2.45) is 0 Å². The van der Waals surface area contributed by atoms with Gasteiger partial charge in [-0.15, -0.1) is 0 Å². The van der Waals surface area contributed by atoms with E-state index in [0.717, 1.165) is 16.9 Å². The normalized spacial score (nSPS) is 12.1. The summed E-state index contributed by atoms with van der Waals surface area (Å²) < 4.78 is 5.36. The van der Waals surface area contributed by atoms with E-state index in [1.165, 1.54) is 0 Å². The maximum atomic E-state index is 10.2. The van der Waals surface area contributed by atoms with Crippen molar-refractivity contribution < 1.29 is 9.84 Å². The molecular formula is C15H17NO2. The van der Waals surface area contributed by atoms with E-state index in [1.807, 2.05) is 43.3 Å². The van der Waals surface area contributed by atoms with Gasteiger partial charge in [-0.2, -0.15) is 0 Å². The Kier molecular flexibility index (Phi) is 3.85. The van der Waals surface area contributed by atoms with Crippen molar-refractivity contribution in [2.45, 2.75) is 13.0 Å². The molecule has 1 atom stereocenters. The number of rotatable bonds is 4. The molecule has 0 aromatic heterocycles.